The van der Waals surface area contributed by atoms with Crippen LogP contribution < -0.4 is 10.6 Å². The number of ether oxygens (including phenoxy) is 4. The zero-order valence-electron chi connectivity index (χ0n) is 14.5. The van der Waals surface area contributed by atoms with E-state index in [9.17, 15) is 0 Å². The molecule has 0 aromatic heterocycles. The highest BCUT2D eigenvalue weighted by molar-refractivity contribution is 5.20. The first-order valence-corrected chi connectivity index (χ1v) is 8.23. The number of hydrogen-bond donors (Lipinski definition) is 1. The van der Waals surface area contributed by atoms with Crippen molar-refractivity contribution in [3.05, 3.63) is 30.3 Å². The van der Waals surface area contributed by atoms with Crippen LogP contribution in [0.25, 0.3) is 0 Å². The molecule has 0 amide bonds. The molecule has 0 bridgehead atoms. The molecule has 0 aliphatic rings. The van der Waals surface area contributed by atoms with Gasteiger partial charge in [0.2, 0.25) is 0 Å². The molecule has 0 heterocycles. The fourth-order valence-corrected chi connectivity index (χ4v) is 1.99. The maximum atomic E-state index is 5.57. The van der Waals surface area contributed by atoms with Gasteiger partial charge in [-0.05, 0) is 12.1 Å². The minimum atomic E-state index is 0.494. The summed E-state index contributed by atoms with van der Waals surface area (Å²) in [7, 11) is 1.69. The number of nitrogens with zero attached hydrogens (tertiary/aromatic N) is 1. The van der Waals surface area contributed by atoms with E-state index in [2.05, 4.69) is 9.74 Å². The van der Waals surface area contributed by atoms with E-state index in [0.29, 0.717) is 46.2 Å². The van der Waals surface area contributed by atoms with E-state index in [0.717, 1.165) is 25.4 Å². The first-order chi connectivity index (χ1) is 11.9. The molecule has 7 nitrogen and oxygen atoms in total. The van der Waals surface area contributed by atoms with Crippen LogP contribution in [0.1, 0.15) is 0 Å². The number of rotatable bonds is 16. The smallest absolute Gasteiger partial charge is 0.119 e. The van der Waals surface area contributed by atoms with Crippen molar-refractivity contribution >= 4 is 0 Å². The zero-order valence-corrected chi connectivity index (χ0v) is 14.5. The van der Waals surface area contributed by atoms with Gasteiger partial charge in [0.25, 0.3) is 0 Å². The van der Waals surface area contributed by atoms with Crippen molar-refractivity contribution in [1.82, 2.24) is 4.90 Å². The maximum Gasteiger partial charge on any atom is 0.119 e. The Morgan fingerprint density at radius 3 is 2.12 bits per heavy atom. The summed E-state index contributed by atoms with van der Waals surface area (Å²) in [5, 5.41) is 0. The maximum absolute atomic E-state index is 5.57. The lowest BCUT2D eigenvalue weighted by Crippen LogP contribution is -2.34. The Kier molecular flexibility index (Phi) is 13.3. The molecule has 0 saturated carbocycles. The second-order valence-electron chi connectivity index (χ2n) is 5.09. The number of para-hydroxylation sites is 1. The number of methoxy groups -OCH3 is 1. The highest BCUT2D eigenvalue weighted by atomic mass is 16.6. The van der Waals surface area contributed by atoms with Crippen molar-refractivity contribution in [2.75, 3.05) is 73.0 Å². The van der Waals surface area contributed by atoms with Crippen LogP contribution in [0.2, 0.25) is 0 Å². The van der Waals surface area contributed by atoms with E-state index in [1.165, 1.54) is 0 Å². The largest absolute Gasteiger partial charge is 0.491 e. The molecule has 0 aliphatic heterocycles. The van der Waals surface area contributed by atoms with E-state index >= 15 is 0 Å². The van der Waals surface area contributed by atoms with Gasteiger partial charge in [0.1, 0.15) is 12.4 Å². The summed E-state index contributed by atoms with van der Waals surface area (Å²) in [6.07, 6.45) is 0. The van der Waals surface area contributed by atoms with Gasteiger partial charge in [-0.2, -0.15) is 0 Å². The summed E-state index contributed by atoms with van der Waals surface area (Å²) in [6, 6.07) is 9.70. The van der Waals surface area contributed by atoms with Gasteiger partial charge < -0.3 is 23.8 Å². The fraction of sp³-hybridized carbons (Fsp3) is 0.647. The lowest BCUT2D eigenvalue weighted by Gasteiger charge is -2.21. The molecule has 24 heavy (non-hydrogen) atoms. The van der Waals surface area contributed by atoms with Gasteiger partial charge in [0.05, 0.1) is 39.6 Å². The van der Waals surface area contributed by atoms with Gasteiger partial charge in [-0.25, -0.2) is 5.90 Å². The van der Waals surface area contributed by atoms with Crippen LogP contribution in [-0.2, 0) is 19.0 Å². The van der Waals surface area contributed by atoms with Crippen LogP contribution in [0.5, 0.6) is 5.75 Å². The monoisotopic (exact) mass is 342 g/mol. The summed E-state index contributed by atoms with van der Waals surface area (Å²) < 4.78 is 21.7. The van der Waals surface area contributed by atoms with Crippen LogP contribution in [0, 0.1) is 0 Å². The average molecular weight is 342 g/mol. The first kappa shape index (κ1) is 20.8. The summed E-state index contributed by atoms with van der Waals surface area (Å²) in [5.74, 6) is 5.92. The Morgan fingerprint density at radius 1 is 0.792 bits per heavy atom. The Labute approximate surface area is 144 Å². The predicted molar refractivity (Wildman–Crippen MR) is 92.0 cm³/mol. The van der Waals surface area contributed by atoms with Crippen LogP contribution in [-0.4, -0.2) is 77.9 Å². The lowest BCUT2D eigenvalue weighted by molar-refractivity contribution is 0.0226. The Bertz CT molecular complexity index is 373. The van der Waals surface area contributed by atoms with Crippen LogP contribution >= 0.6 is 0 Å². The molecular weight excluding hydrogens is 312 g/mol. The molecule has 0 unspecified atom stereocenters. The quantitative estimate of drug-likeness (QED) is 0.354. The van der Waals surface area contributed by atoms with Gasteiger partial charge in [-0.15, -0.1) is 0 Å². The second kappa shape index (κ2) is 15.3. The molecule has 1 rings (SSSR count). The Balaban J connectivity index is 1.92. The molecule has 1 aromatic rings. The number of hydrogen-bond acceptors (Lipinski definition) is 7. The molecule has 2 N–H and O–H groups in total. The minimum absolute atomic E-state index is 0.494. The molecule has 0 fully saturated rings. The summed E-state index contributed by atoms with van der Waals surface area (Å²) in [6.45, 7) is 6.41. The summed E-state index contributed by atoms with van der Waals surface area (Å²) >= 11 is 0. The third kappa shape index (κ3) is 11.3. The molecule has 0 atom stereocenters. The van der Waals surface area contributed by atoms with Crippen LogP contribution in [0.4, 0.5) is 0 Å². The van der Waals surface area contributed by atoms with Crippen LogP contribution in [0.15, 0.2) is 30.3 Å². The van der Waals surface area contributed by atoms with Crippen molar-refractivity contribution in [2.45, 2.75) is 0 Å². The van der Waals surface area contributed by atoms with E-state index in [4.69, 9.17) is 24.8 Å². The van der Waals surface area contributed by atoms with E-state index in [-0.39, 0.29) is 0 Å². The summed E-state index contributed by atoms with van der Waals surface area (Å²) in [4.78, 5) is 6.80. The lowest BCUT2D eigenvalue weighted by atomic mass is 10.3. The van der Waals surface area contributed by atoms with Gasteiger partial charge in [-0.1, -0.05) is 18.2 Å². The topological polar surface area (TPSA) is 75.4 Å². The Morgan fingerprint density at radius 2 is 1.42 bits per heavy atom. The van der Waals surface area contributed by atoms with E-state index in [1.807, 2.05) is 30.3 Å². The van der Waals surface area contributed by atoms with Crippen LogP contribution in [0.3, 0.4) is 0 Å². The van der Waals surface area contributed by atoms with Gasteiger partial charge in [0, 0.05) is 26.7 Å². The third-order valence-corrected chi connectivity index (χ3v) is 3.30. The van der Waals surface area contributed by atoms with Crippen molar-refractivity contribution in [2.24, 2.45) is 5.90 Å². The molecular formula is C17H30N2O5. The first-order valence-electron chi connectivity index (χ1n) is 8.23. The van der Waals surface area contributed by atoms with Crippen molar-refractivity contribution < 1.29 is 23.8 Å². The fourth-order valence-electron chi connectivity index (χ4n) is 1.99. The van der Waals surface area contributed by atoms with E-state index < -0.39 is 0 Å². The predicted octanol–water partition coefficient (Wildman–Crippen LogP) is 0.937. The normalized spacial score (nSPS) is 11.1. The van der Waals surface area contributed by atoms with Gasteiger partial charge in [-0.3, -0.25) is 4.90 Å². The average Bonchev–Trinajstić information content (AvgIpc) is 2.62. The number of benzene rings is 1. The molecule has 0 spiro atoms. The molecule has 7 heteroatoms. The standard InChI is InChI=1S/C17H30N2O5/c1-20-10-7-19(9-12-24-18)8-11-21-13-14-22-15-16-23-17-5-3-2-4-6-17/h2-6H,7-16,18H2,1H3. The highest BCUT2D eigenvalue weighted by Crippen LogP contribution is 2.07. The zero-order chi connectivity index (χ0) is 17.3. The summed E-state index contributed by atoms with van der Waals surface area (Å²) in [5.41, 5.74) is 0. The third-order valence-electron chi connectivity index (χ3n) is 3.30. The van der Waals surface area contributed by atoms with Crippen molar-refractivity contribution in [1.29, 1.82) is 0 Å². The molecule has 1 aromatic carbocycles. The molecule has 0 aliphatic carbocycles. The molecule has 138 valence electrons. The van der Waals surface area contributed by atoms with E-state index in [1.54, 1.807) is 7.11 Å². The Hall–Kier alpha value is -1.22. The second-order valence-corrected chi connectivity index (χ2v) is 5.09. The van der Waals surface area contributed by atoms with Crippen molar-refractivity contribution in [3.8, 4) is 5.75 Å². The highest BCUT2D eigenvalue weighted by Gasteiger charge is 2.04. The SMILES string of the molecule is COCCN(CCON)CCOCCOCCOc1ccccc1. The van der Waals surface area contributed by atoms with Gasteiger partial charge in [0.15, 0.2) is 0 Å². The molecule has 0 radical (unpaired) electrons. The minimum Gasteiger partial charge on any atom is -0.491 e. The molecule has 0 saturated heterocycles. The van der Waals surface area contributed by atoms with Gasteiger partial charge >= 0.3 is 0 Å². The van der Waals surface area contributed by atoms with Crippen molar-refractivity contribution in [3.63, 3.8) is 0 Å². The number of nitrogens with two attached hydrogens (primary N) is 1.